The molecular formula is C19H20N2O4. The fraction of sp³-hybridized carbons (Fsp3) is 0.263. The van der Waals surface area contributed by atoms with Gasteiger partial charge >= 0.3 is 6.03 Å². The number of hydrogen-bond acceptors (Lipinski definition) is 4. The van der Waals surface area contributed by atoms with Crippen LogP contribution in [-0.4, -0.2) is 31.1 Å². The molecule has 0 aromatic heterocycles. The van der Waals surface area contributed by atoms with E-state index in [-0.39, 0.29) is 12.5 Å². The highest BCUT2D eigenvalue weighted by molar-refractivity contribution is 6.07. The standard InChI is InChI=1S/C19H20N2O4/c1-19(14-7-9-15(24-2)10-8-14)17(22)21(18(23)20-19)12-13-5-4-6-16(11-13)25-3/h4-11H,12H2,1-3H3,(H,20,23). The molecule has 1 N–H and O–H groups in total. The van der Waals surface area contributed by atoms with Crippen molar-refractivity contribution in [1.29, 1.82) is 0 Å². The molecule has 1 aliphatic rings. The maximum atomic E-state index is 12.9. The number of urea groups is 1. The molecule has 3 amide bonds. The van der Waals surface area contributed by atoms with E-state index in [2.05, 4.69) is 5.32 Å². The van der Waals surface area contributed by atoms with Crippen molar-refractivity contribution in [2.75, 3.05) is 14.2 Å². The van der Waals surface area contributed by atoms with Crippen LogP contribution < -0.4 is 14.8 Å². The number of amides is 3. The predicted molar refractivity (Wildman–Crippen MR) is 92.4 cm³/mol. The number of imide groups is 1. The van der Waals surface area contributed by atoms with Gasteiger partial charge in [-0.1, -0.05) is 24.3 Å². The van der Waals surface area contributed by atoms with E-state index in [4.69, 9.17) is 9.47 Å². The summed E-state index contributed by atoms with van der Waals surface area (Å²) >= 11 is 0. The highest BCUT2D eigenvalue weighted by atomic mass is 16.5. The van der Waals surface area contributed by atoms with Crippen molar-refractivity contribution in [2.45, 2.75) is 19.0 Å². The summed E-state index contributed by atoms with van der Waals surface area (Å²) in [4.78, 5) is 26.5. The van der Waals surface area contributed by atoms with Gasteiger partial charge in [0.15, 0.2) is 0 Å². The smallest absolute Gasteiger partial charge is 0.325 e. The van der Waals surface area contributed by atoms with Gasteiger partial charge in [-0.25, -0.2) is 4.79 Å². The molecule has 0 saturated carbocycles. The van der Waals surface area contributed by atoms with Gasteiger partial charge in [-0.3, -0.25) is 9.69 Å². The summed E-state index contributed by atoms with van der Waals surface area (Å²) in [5.74, 6) is 1.09. The zero-order valence-corrected chi connectivity index (χ0v) is 14.4. The van der Waals surface area contributed by atoms with Crippen molar-refractivity contribution in [3.8, 4) is 11.5 Å². The molecule has 2 aromatic carbocycles. The lowest BCUT2D eigenvalue weighted by atomic mass is 9.92. The Hall–Kier alpha value is -3.02. The van der Waals surface area contributed by atoms with Gasteiger partial charge < -0.3 is 14.8 Å². The molecule has 1 atom stereocenters. The molecule has 1 unspecified atom stereocenters. The average Bonchev–Trinajstić information content (AvgIpc) is 2.86. The molecule has 0 bridgehead atoms. The van der Waals surface area contributed by atoms with Gasteiger partial charge in [0.05, 0.1) is 20.8 Å². The molecule has 6 heteroatoms. The Morgan fingerprint density at radius 1 is 1.00 bits per heavy atom. The van der Waals surface area contributed by atoms with Crippen molar-refractivity contribution < 1.29 is 19.1 Å². The fourth-order valence-corrected chi connectivity index (χ4v) is 2.91. The van der Waals surface area contributed by atoms with E-state index in [0.717, 1.165) is 5.56 Å². The second-order valence-electron chi connectivity index (χ2n) is 6.03. The van der Waals surface area contributed by atoms with E-state index < -0.39 is 11.6 Å². The number of methoxy groups -OCH3 is 2. The van der Waals surface area contributed by atoms with E-state index in [0.29, 0.717) is 17.1 Å². The maximum Gasteiger partial charge on any atom is 0.325 e. The molecule has 1 fully saturated rings. The molecular weight excluding hydrogens is 320 g/mol. The largest absolute Gasteiger partial charge is 0.497 e. The Balaban J connectivity index is 1.85. The van der Waals surface area contributed by atoms with Gasteiger partial charge in [-0.15, -0.1) is 0 Å². The highest BCUT2D eigenvalue weighted by Crippen LogP contribution is 2.31. The van der Waals surface area contributed by atoms with Crippen LogP contribution in [0.25, 0.3) is 0 Å². The quantitative estimate of drug-likeness (QED) is 0.850. The Bertz CT molecular complexity index is 803. The van der Waals surface area contributed by atoms with Crippen LogP contribution in [0.5, 0.6) is 11.5 Å². The third-order valence-electron chi connectivity index (χ3n) is 4.42. The highest BCUT2D eigenvalue weighted by Gasteiger charge is 2.48. The first-order chi connectivity index (χ1) is 12.0. The summed E-state index contributed by atoms with van der Waals surface area (Å²) in [5.41, 5.74) is 0.434. The number of carbonyl (C=O) groups is 2. The van der Waals surface area contributed by atoms with Crippen molar-refractivity contribution >= 4 is 11.9 Å². The summed E-state index contributed by atoms with van der Waals surface area (Å²) in [5, 5.41) is 2.80. The summed E-state index contributed by atoms with van der Waals surface area (Å²) < 4.78 is 10.3. The number of benzene rings is 2. The second kappa shape index (κ2) is 6.47. The van der Waals surface area contributed by atoms with Crippen molar-refractivity contribution in [1.82, 2.24) is 10.2 Å². The van der Waals surface area contributed by atoms with Crippen LogP contribution in [0.4, 0.5) is 4.79 Å². The summed E-state index contributed by atoms with van der Waals surface area (Å²) in [6.45, 7) is 1.90. The topological polar surface area (TPSA) is 67.9 Å². The Kier molecular flexibility index (Phi) is 4.35. The minimum atomic E-state index is -1.10. The molecule has 0 spiro atoms. The van der Waals surface area contributed by atoms with Crippen LogP contribution in [0, 0.1) is 0 Å². The molecule has 25 heavy (non-hydrogen) atoms. The van der Waals surface area contributed by atoms with Crippen molar-refractivity contribution in [3.63, 3.8) is 0 Å². The Morgan fingerprint density at radius 3 is 2.32 bits per heavy atom. The molecule has 0 aliphatic carbocycles. The van der Waals surface area contributed by atoms with E-state index in [1.807, 2.05) is 24.3 Å². The molecule has 1 aliphatic heterocycles. The van der Waals surface area contributed by atoms with Gasteiger partial charge in [0.2, 0.25) is 0 Å². The first-order valence-corrected chi connectivity index (χ1v) is 7.89. The van der Waals surface area contributed by atoms with Gasteiger partial charge in [-0.05, 0) is 42.3 Å². The zero-order valence-electron chi connectivity index (χ0n) is 14.4. The lowest BCUT2D eigenvalue weighted by molar-refractivity contribution is -0.131. The van der Waals surface area contributed by atoms with Gasteiger partial charge in [0.25, 0.3) is 5.91 Å². The monoisotopic (exact) mass is 340 g/mol. The molecule has 0 radical (unpaired) electrons. The zero-order chi connectivity index (χ0) is 18.0. The summed E-state index contributed by atoms with van der Waals surface area (Å²) in [6.07, 6.45) is 0. The fourth-order valence-electron chi connectivity index (χ4n) is 2.91. The number of nitrogens with one attached hydrogen (secondary N) is 1. The molecule has 2 aromatic rings. The normalized spacial score (nSPS) is 19.7. The molecule has 6 nitrogen and oxygen atoms in total. The first kappa shape index (κ1) is 16.8. The van der Waals surface area contributed by atoms with Crippen LogP contribution in [0.3, 0.4) is 0 Å². The van der Waals surface area contributed by atoms with Crippen molar-refractivity contribution in [3.05, 3.63) is 59.7 Å². The third-order valence-corrected chi connectivity index (χ3v) is 4.42. The number of hydrogen-bond donors (Lipinski definition) is 1. The lowest BCUT2D eigenvalue weighted by Gasteiger charge is -2.22. The maximum absolute atomic E-state index is 12.9. The SMILES string of the molecule is COc1ccc(C2(C)NC(=O)N(Cc3cccc(OC)c3)C2=O)cc1. The number of ether oxygens (including phenoxy) is 2. The molecule has 1 saturated heterocycles. The number of rotatable bonds is 5. The minimum absolute atomic E-state index is 0.188. The number of carbonyl (C=O) groups excluding carboxylic acids is 2. The van der Waals surface area contributed by atoms with Crippen LogP contribution in [0.15, 0.2) is 48.5 Å². The van der Waals surface area contributed by atoms with Gasteiger partial charge in [-0.2, -0.15) is 0 Å². The number of nitrogens with zero attached hydrogens (tertiary/aromatic N) is 1. The van der Waals surface area contributed by atoms with Crippen LogP contribution in [0.1, 0.15) is 18.1 Å². The molecule has 3 rings (SSSR count). The predicted octanol–water partition coefficient (Wildman–Crippen LogP) is 2.67. The van der Waals surface area contributed by atoms with E-state index in [1.165, 1.54) is 4.90 Å². The average molecular weight is 340 g/mol. The molecule has 130 valence electrons. The van der Waals surface area contributed by atoms with E-state index >= 15 is 0 Å². The summed E-state index contributed by atoms with van der Waals surface area (Å²) in [6, 6.07) is 14.0. The van der Waals surface area contributed by atoms with Crippen LogP contribution >= 0.6 is 0 Å². The van der Waals surface area contributed by atoms with Gasteiger partial charge in [0, 0.05) is 0 Å². The van der Waals surface area contributed by atoms with Gasteiger partial charge in [0.1, 0.15) is 17.0 Å². The lowest BCUT2D eigenvalue weighted by Crippen LogP contribution is -2.40. The third kappa shape index (κ3) is 3.03. The Labute approximate surface area is 146 Å². The van der Waals surface area contributed by atoms with Crippen molar-refractivity contribution in [2.24, 2.45) is 0 Å². The van der Waals surface area contributed by atoms with E-state index in [9.17, 15) is 9.59 Å². The first-order valence-electron chi connectivity index (χ1n) is 7.89. The van der Waals surface area contributed by atoms with Crippen LogP contribution in [0.2, 0.25) is 0 Å². The van der Waals surface area contributed by atoms with E-state index in [1.54, 1.807) is 45.4 Å². The second-order valence-corrected chi connectivity index (χ2v) is 6.03. The summed E-state index contributed by atoms with van der Waals surface area (Å²) in [7, 11) is 3.16. The molecule has 1 heterocycles. The Morgan fingerprint density at radius 2 is 1.68 bits per heavy atom. The minimum Gasteiger partial charge on any atom is -0.497 e. The van der Waals surface area contributed by atoms with Crippen LogP contribution in [-0.2, 0) is 16.9 Å².